The lowest BCUT2D eigenvalue weighted by molar-refractivity contribution is 0.574. The SMILES string of the molecule is CNCc1c(S(=O)(=O)NCCc2ccn(C)n2)n[nH]c1C. The van der Waals surface area contributed by atoms with E-state index in [2.05, 4.69) is 25.3 Å². The third-order valence-corrected chi connectivity index (χ3v) is 4.52. The van der Waals surface area contributed by atoms with Gasteiger partial charge in [0.15, 0.2) is 5.03 Å². The average Bonchev–Trinajstić information content (AvgIpc) is 2.98. The predicted octanol–water partition coefficient (Wildman–Crippen LogP) is -0.308. The predicted molar refractivity (Wildman–Crippen MR) is 78.2 cm³/mol. The zero-order valence-corrected chi connectivity index (χ0v) is 13.2. The van der Waals surface area contributed by atoms with Crippen LogP contribution in [0.4, 0.5) is 0 Å². The van der Waals surface area contributed by atoms with Crippen LogP contribution in [0.2, 0.25) is 0 Å². The van der Waals surface area contributed by atoms with Crippen LogP contribution in [0.15, 0.2) is 17.3 Å². The highest BCUT2D eigenvalue weighted by molar-refractivity contribution is 7.89. The maximum atomic E-state index is 12.3. The molecule has 3 N–H and O–H groups in total. The van der Waals surface area contributed by atoms with E-state index in [1.165, 1.54) is 0 Å². The van der Waals surface area contributed by atoms with E-state index in [1.54, 1.807) is 18.7 Å². The molecule has 0 saturated carbocycles. The van der Waals surface area contributed by atoms with E-state index in [0.29, 0.717) is 18.5 Å². The monoisotopic (exact) mass is 312 g/mol. The van der Waals surface area contributed by atoms with Gasteiger partial charge in [-0.05, 0) is 20.0 Å². The molecule has 116 valence electrons. The molecule has 0 aliphatic heterocycles. The minimum atomic E-state index is -3.62. The van der Waals surface area contributed by atoms with Crippen molar-refractivity contribution >= 4 is 10.0 Å². The summed E-state index contributed by atoms with van der Waals surface area (Å²) in [5.74, 6) is 0. The molecular formula is C12H20N6O2S. The second-order valence-corrected chi connectivity index (χ2v) is 6.47. The number of H-pyrrole nitrogens is 1. The van der Waals surface area contributed by atoms with Crippen molar-refractivity contribution in [3.8, 4) is 0 Å². The standard InChI is InChI=1S/C12H20N6O2S/c1-9-11(8-13-2)12(16-15-9)21(19,20)14-6-4-10-5-7-18(3)17-10/h5,7,13-14H,4,6,8H2,1-3H3,(H,15,16). The van der Waals surface area contributed by atoms with Crippen LogP contribution >= 0.6 is 0 Å². The highest BCUT2D eigenvalue weighted by atomic mass is 32.2. The fourth-order valence-corrected chi connectivity index (χ4v) is 3.24. The number of rotatable bonds is 7. The molecule has 9 heteroatoms. The van der Waals surface area contributed by atoms with Crippen LogP contribution in [-0.2, 0) is 30.0 Å². The van der Waals surface area contributed by atoms with Crippen LogP contribution in [0.1, 0.15) is 17.0 Å². The number of nitrogens with zero attached hydrogens (tertiary/aromatic N) is 3. The molecule has 2 rings (SSSR count). The Labute approximate surface area is 124 Å². The molecule has 21 heavy (non-hydrogen) atoms. The molecule has 0 atom stereocenters. The van der Waals surface area contributed by atoms with Gasteiger partial charge >= 0.3 is 0 Å². The lowest BCUT2D eigenvalue weighted by Gasteiger charge is -2.06. The first kappa shape index (κ1) is 15.7. The Morgan fingerprint density at radius 2 is 2.19 bits per heavy atom. The highest BCUT2D eigenvalue weighted by Crippen LogP contribution is 2.15. The Morgan fingerprint density at radius 1 is 1.43 bits per heavy atom. The molecule has 0 spiro atoms. The number of hydrogen-bond acceptors (Lipinski definition) is 5. The molecule has 2 aromatic heterocycles. The van der Waals surface area contributed by atoms with Gasteiger partial charge in [-0.1, -0.05) is 0 Å². The summed E-state index contributed by atoms with van der Waals surface area (Å²) in [7, 11) is -0.0377. The summed E-state index contributed by atoms with van der Waals surface area (Å²) in [6.45, 7) is 2.52. The Balaban J connectivity index is 2.04. The Morgan fingerprint density at radius 3 is 2.81 bits per heavy atom. The van der Waals surface area contributed by atoms with Crippen LogP contribution < -0.4 is 10.0 Å². The van der Waals surface area contributed by atoms with Crippen LogP contribution in [0, 0.1) is 6.92 Å². The summed E-state index contributed by atoms with van der Waals surface area (Å²) in [5.41, 5.74) is 2.24. The molecule has 8 nitrogen and oxygen atoms in total. The number of aromatic amines is 1. The molecule has 2 heterocycles. The first-order valence-corrected chi connectivity index (χ1v) is 8.09. The van der Waals surface area contributed by atoms with Crippen LogP contribution in [0.5, 0.6) is 0 Å². The second-order valence-electron chi connectivity index (χ2n) is 4.79. The molecular weight excluding hydrogens is 292 g/mol. The minimum Gasteiger partial charge on any atom is -0.316 e. The second kappa shape index (κ2) is 6.37. The normalized spacial score (nSPS) is 12.0. The topological polar surface area (TPSA) is 105 Å². The van der Waals surface area contributed by atoms with E-state index in [1.807, 2.05) is 19.3 Å². The van der Waals surface area contributed by atoms with Crippen molar-refractivity contribution in [2.45, 2.75) is 24.9 Å². The Kier molecular flexibility index (Phi) is 4.76. The lowest BCUT2D eigenvalue weighted by Crippen LogP contribution is -2.27. The van der Waals surface area contributed by atoms with Gasteiger partial charge in [-0.15, -0.1) is 0 Å². The zero-order chi connectivity index (χ0) is 15.5. The third kappa shape index (κ3) is 3.69. The first-order valence-electron chi connectivity index (χ1n) is 6.60. The largest absolute Gasteiger partial charge is 0.316 e. The molecule has 0 aromatic carbocycles. The summed E-state index contributed by atoms with van der Waals surface area (Å²) in [6.07, 6.45) is 2.36. The number of aryl methyl sites for hydroxylation is 2. The fourth-order valence-electron chi connectivity index (χ4n) is 2.02. The molecule has 0 aliphatic rings. The first-order chi connectivity index (χ1) is 9.94. The smallest absolute Gasteiger partial charge is 0.260 e. The summed E-state index contributed by atoms with van der Waals surface area (Å²) in [4.78, 5) is 0. The van der Waals surface area contributed by atoms with Crippen molar-refractivity contribution in [3.63, 3.8) is 0 Å². The molecule has 0 saturated heterocycles. The van der Waals surface area contributed by atoms with E-state index in [0.717, 1.165) is 11.4 Å². The zero-order valence-electron chi connectivity index (χ0n) is 12.3. The van der Waals surface area contributed by atoms with Gasteiger partial charge in [0.1, 0.15) is 0 Å². The van der Waals surface area contributed by atoms with Gasteiger partial charge in [-0.25, -0.2) is 13.1 Å². The van der Waals surface area contributed by atoms with Crippen LogP contribution in [-0.4, -0.2) is 42.0 Å². The van der Waals surface area contributed by atoms with Gasteiger partial charge in [-0.2, -0.15) is 10.2 Å². The van der Waals surface area contributed by atoms with Crippen molar-refractivity contribution in [2.24, 2.45) is 7.05 Å². The van der Waals surface area contributed by atoms with Gasteiger partial charge in [0, 0.05) is 44.0 Å². The summed E-state index contributed by atoms with van der Waals surface area (Å²) >= 11 is 0. The van der Waals surface area contributed by atoms with Gasteiger partial charge in [-0.3, -0.25) is 9.78 Å². The number of aromatic nitrogens is 4. The van der Waals surface area contributed by atoms with E-state index in [9.17, 15) is 8.42 Å². The molecule has 0 amide bonds. The maximum absolute atomic E-state index is 12.3. The Hall–Kier alpha value is -1.71. The van der Waals surface area contributed by atoms with Crippen LogP contribution in [0.25, 0.3) is 0 Å². The summed E-state index contributed by atoms with van der Waals surface area (Å²) < 4.78 is 28.8. The van der Waals surface area contributed by atoms with Gasteiger partial charge in [0.25, 0.3) is 10.0 Å². The van der Waals surface area contributed by atoms with Gasteiger partial charge in [0.2, 0.25) is 0 Å². The van der Waals surface area contributed by atoms with E-state index < -0.39 is 10.0 Å². The van der Waals surface area contributed by atoms with Crippen LogP contribution in [0.3, 0.4) is 0 Å². The van der Waals surface area contributed by atoms with Crippen molar-refractivity contribution < 1.29 is 8.42 Å². The fraction of sp³-hybridized carbons (Fsp3) is 0.500. The quantitative estimate of drug-likeness (QED) is 0.650. The van der Waals surface area contributed by atoms with E-state index >= 15 is 0 Å². The Bertz CT molecular complexity index is 703. The summed E-state index contributed by atoms with van der Waals surface area (Å²) in [6, 6.07) is 1.86. The molecule has 2 aromatic rings. The molecule has 0 aliphatic carbocycles. The third-order valence-electron chi connectivity index (χ3n) is 3.09. The van der Waals surface area contributed by atoms with Gasteiger partial charge < -0.3 is 5.32 Å². The lowest BCUT2D eigenvalue weighted by atomic mass is 10.3. The molecule has 0 radical (unpaired) electrons. The maximum Gasteiger partial charge on any atom is 0.260 e. The van der Waals surface area contributed by atoms with E-state index in [4.69, 9.17) is 0 Å². The summed E-state index contributed by atoms with van der Waals surface area (Å²) in [5, 5.41) is 13.8. The number of sulfonamides is 1. The highest BCUT2D eigenvalue weighted by Gasteiger charge is 2.22. The van der Waals surface area contributed by atoms with Crippen molar-refractivity contribution in [3.05, 3.63) is 29.2 Å². The number of nitrogens with one attached hydrogen (secondary N) is 3. The minimum absolute atomic E-state index is 0.0513. The molecule has 0 bridgehead atoms. The molecule has 0 fully saturated rings. The van der Waals surface area contributed by atoms with Crippen molar-refractivity contribution in [1.82, 2.24) is 30.0 Å². The van der Waals surface area contributed by atoms with E-state index in [-0.39, 0.29) is 11.6 Å². The van der Waals surface area contributed by atoms with Crippen molar-refractivity contribution in [2.75, 3.05) is 13.6 Å². The number of hydrogen-bond donors (Lipinski definition) is 3. The average molecular weight is 312 g/mol. The van der Waals surface area contributed by atoms with Gasteiger partial charge in [0.05, 0.1) is 5.69 Å². The van der Waals surface area contributed by atoms with Crippen molar-refractivity contribution in [1.29, 1.82) is 0 Å². The molecule has 0 unspecified atom stereocenters.